The van der Waals surface area contributed by atoms with Crippen LogP contribution < -0.4 is 11.1 Å². The molecule has 2 fully saturated rings. The summed E-state index contributed by atoms with van der Waals surface area (Å²) < 4.78 is 38.8. The van der Waals surface area contributed by atoms with Crippen molar-refractivity contribution in [3.05, 3.63) is 35.4 Å². The molecule has 4 atom stereocenters. The highest BCUT2D eigenvalue weighted by Crippen LogP contribution is 2.39. The molecule has 1 aliphatic heterocycles. The predicted octanol–water partition coefficient (Wildman–Crippen LogP) is 3.41. The number of primary amides is 1. The first kappa shape index (κ1) is 21.1. The zero-order valence-corrected chi connectivity index (χ0v) is 16.5. The van der Waals surface area contributed by atoms with Crippen molar-refractivity contribution in [1.82, 2.24) is 10.2 Å². The molecule has 3 rings (SSSR count). The normalized spacial score (nSPS) is 26.6. The summed E-state index contributed by atoms with van der Waals surface area (Å²) in [5, 5.41) is 3.48. The quantitative estimate of drug-likeness (QED) is 0.741. The number of benzene rings is 1. The van der Waals surface area contributed by atoms with Gasteiger partial charge in [-0.2, -0.15) is 13.2 Å². The van der Waals surface area contributed by atoms with Crippen molar-refractivity contribution in [3.63, 3.8) is 0 Å². The van der Waals surface area contributed by atoms with Crippen molar-refractivity contribution in [2.45, 2.75) is 57.9 Å². The first-order valence-corrected chi connectivity index (χ1v) is 10.1. The number of nitrogens with zero attached hydrogens (tertiary/aromatic N) is 1. The fraction of sp³-hybridized carbons (Fsp3) is 0.667. The average Bonchev–Trinajstić information content (AvgIpc) is 3.14. The van der Waals surface area contributed by atoms with E-state index in [2.05, 4.69) is 24.1 Å². The van der Waals surface area contributed by atoms with Crippen molar-refractivity contribution in [3.8, 4) is 0 Å². The molecule has 0 spiro atoms. The third-order valence-corrected chi connectivity index (χ3v) is 6.06. The molecule has 1 aromatic carbocycles. The summed E-state index contributed by atoms with van der Waals surface area (Å²) in [7, 11) is 0. The third kappa shape index (κ3) is 5.06. The summed E-state index contributed by atoms with van der Waals surface area (Å²) >= 11 is 0. The first-order valence-electron chi connectivity index (χ1n) is 10.1. The lowest BCUT2D eigenvalue weighted by atomic mass is 9.95. The van der Waals surface area contributed by atoms with E-state index in [-0.39, 0.29) is 18.0 Å². The minimum Gasteiger partial charge on any atom is -0.368 e. The van der Waals surface area contributed by atoms with E-state index < -0.39 is 11.7 Å². The summed E-state index contributed by atoms with van der Waals surface area (Å²) in [6.45, 7) is 6.40. The third-order valence-electron chi connectivity index (χ3n) is 6.06. The molecular weight excluding hydrogens is 367 g/mol. The minimum absolute atomic E-state index is 0.243. The molecule has 0 aromatic heterocycles. The second-order valence-corrected chi connectivity index (χ2v) is 8.75. The van der Waals surface area contributed by atoms with Gasteiger partial charge in [-0.05, 0) is 48.6 Å². The number of rotatable bonds is 7. The van der Waals surface area contributed by atoms with Crippen LogP contribution in [0.4, 0.5) is 13.2 Å². The van der Waals surface area contributed by atoms with Gasteiger partial charge in [-0.1, -0.05) is 32.0 Å². The summed E-state index contributed by atoms with van der Waals surface area (Å²) in [6.07, 6.45) is -1.49. The second-order valence-electron chi connectivity index (χ2n) is 8.75. The van der Waals surface area contributed by atoms with Crippen LogP contribution in [0.15, 0.2) is 24.3 Å². The Morgan fingerprint density at radius 2 is 2.04 bits per heavy atom. The highest BCUT2D eigenvalue weighted by atomic mass is 19.4. The monoisotopic (exact) mass is 397 g/mol. The number of carbonyl (C=O) groups is 1. The Hall–Kier alpha value is -1.60. The van der Waals surface area contributed by atoms with Gasteiger partial charge in [-0.25, -0.2) is 0 Å². The topological polar surface area (TPSA) is 58.4 Å². The van der Waals surface area contributed by atoms with E-state index in [1.54, 1.807) is 6.07 Å². The van der Waals surface area contributed by atoms with Gasteiger partial charge >= 0.3 is 6.18 Å². The van der Waals surface area contributed by atoms with E-state index in [4.69, 9.17) is 5.73 Å². The summed E-state index contributed by atoms with van der Waals surface area (Å²) in [5.41, 5.74) is 5.67. The number of hydrogen-bond donors (Lipinski definition) is 2. The molecule has 28 heavy (non-hydrogen) atoms. The molecule has 156 valence electrons. The number of nitrogens with two attached hydrogens (primary N) is 1. The van der Waals surface area contributed by atoms with Crippen LogP contribution in [0.5, 0.6) is 0 Å². The van der Waals surface area contributed by atoms with Crippen molar-refractivity contribution < 1.29 is 18.0 Å². The van der Waals surface area contributed by atoms with Gasteiger partial charge in [0, 0.05) is 25.7 Å². The molecule has 0 radical (unpaired) electrons. The number of hydrogen-bond acceptors (Lipinski definition) is 3. The second kappa shape index (κ2) is 8.41. The first-order chi connectivity index (χ1) is 13.1. The van der Waals surface area contributed by atoms with E-state index in [1.165, 1.54) is 12.1 Å². The molecular formula is C21H30F3N3O. The van der Waals surface area contributed by atoms with Crippen LogP contribution in [-0.4, -0.2) is 36.0 Å². The Kier molecular flexibility index (Phi) is 6.34. The zero-order valence-electron chi connectivity index (χ0n) is 16.5. The van der Waals surface area contributed by atoms with Crippen LogP contribution in [0.3, 0.4) is 0 Å². The van der Waals surface area contributed by atoms with Gasteiger partial charge in [0.1, 0.15) is 0 Å². The Morgan fingerprint density at radius 3 is 2.68 bits per heavy atom. The predicted molar refractivity (Wildman–Crippen MR) is 102 cm³/mol. The van der Waals surface area contributed by atoms with Crippen LogP contribution in [0.25, 0.3) is 0 Å². The Bertz CT molecular complexity index is 692. The maximum Gasteiger partial charge on any atom is 0.416 e. The molecule has 1 saturated carbocycles. The highest BCUT2D eigenvalue weighted by molar-refractivity contribution is 5.79. The van der Waals surface area contributed by atoms with E-state index in [0.29, 0.717) is 29.9 Å². The van der Waals surface area contributed by atoms with Crippen LogP contribution in [0, 0.1) is 17.8 Å². The fourth-order valence-electron chi connectivity index (χ4n) is 4.79. The fourth-order valence-corrected chi connectivity index (χ4v) is 4.79. The summed E-state index contributed by atoms with van der Waals surface area (Å²) in [5.74, 6) is 1.01. The Morgan fingerprint density at radius 1 is 1.29 bits per heavy atom. The number of amides is 1. The molecule has 0 bridgehead atoms. The number of halogens is 3. The zero-order chi connectivity index (χ0) is 20.5. The van der Waals surface area contributed by atoms with E-state index in [9.17, 15) is 18.0 Å². The maximum absolute atomic E-state index is 12.9. The molecule has 1 amide bonds. The van der Waals surface area contributed by atoms with Gasteiger partial charge in [0.05, 0.1) is 11.6 Å². The van der Waals surface area contributed by atoms with Gasteiger partial charge in [0.25, 0.3) is 0 Å². The van der Waals surface area contributed by atoms with Gasteiger partial charge in [-0.3, -0.25) is 9.69 Å². The lowest BCUT2D eigenvalue weighted by Crippen LogP contribution is -2.49. The van der Waals surface area contributed by atoms with Gasteiger partial charge < -0.3 is 11.1 Å². The standard InChI is InChI=1S/C21H30F3N3O/c1-13(2)8-19(20(25)28)26-18-7-6-15-11-27(12-17(15)18)10-14-4-3-5-16(9-14)21(22,23)24/h3-5,9,13,15,17-19,26H,6-8,10-12H2,1-2H3,(H2,25,28)/t15-,17+,18+,19-/m1/s1. The summed E-state index contributed by atoms with van der Waals surface area (Å²) in [6, 6.07) is 5.51. The molecule has 2 aliphatic rings. The van der Waals surface area contributed by atoms with Gasteiger partial charge in [0.2, 0.25) is 5.91 Å². The van der Waals surface area contributed by atoms with Crippen molar-refractivity contribution >= 4 is 5.91 Å². The molecule has 7 heteroatoms. The molecule has 1 saturated heterocycles. The van der Waals surface area contributed by atoms with Crippen LogP contribution in [0.1, 0.15) is 44.2 Å². The minimum atomic E-state index is -4.31. The average molecular weight is 397 g/mol. The molecule has 0 unspecified atom stereocenters. The number of nitrogens with one attached hydrogen (secondary N) is 1. The summed E-state index contributed by atoms with van der Waals surface area (Å²) in [4.78, 5) is 14.0. The number of carbonyl (C=O) groups excluding carboxylic acids is 1. The van der Waals surface area contributed by atoms with Gasteiger partial charge in [-0.15, -0.1) is 0 Å². The maximum atomic E-state index is 12.9. The Labute approximate surface area is 164 Å². The lowest BCUT2D eigenvalue weighted by Gasteiger charge is -2.26. The smallest absolute Gasteiger partial charge is 0.368 e. The number of likely N-dealkylation sites (tertiary alicyclic amines) is 1. The molecule has 4 nitrogen and oxygen atoms in total. The molecule has 1 heterocycles. The SMILES string of the molecule is CC(C)C[C@@H](N[C@H]1CC[C@@H]2CN(Cc3cccc(C(F)(F)F)c3)C[C@@H]21)C(N)=O. The van der Waals surface area contributed by atoms with Crippen LogP contribution in [-0.2, 0) is 17.5 Å². The number of alkyl halides is 3. The van der Waals surface area contributed by atoms with E-state index in [1.807, 2.05) is 0 Å². The van der Waals surface area contributed by atoms with Crippen molar-refractivity contribution in [2.24, 2.45) is 23.5 Å². The number of fused-ring (bicyclic) bond motifs is 1. The molecule has 1 aromatic rings. The Balaban J connectivity index is 1.61. The van der Waals surface area contributed by atoms with Crippen LogP contribution in [0.2, 0.25) is 0 Å². The van der Waals surface area contributed by atoms with Crippen molar-refractivity contribution in [2.75, 3.05) is 13.1 Å². The molecule has 1 aliphatic carbocycles. The van der Waals surface area contributed by atoms with Crippen molar-refractivity contribution in [1.29, 1.82) is 0 Å². The lowest BCUT2D eigenvalue weighted by molar-refractivity contribution is -0.137. The van der Waals surface area contributed by atoms with Gasteiger partial charge in [0.15, 0.2) is 0 Å². The molecule has 3 N–H and O–H groups in total. The van der Waals surface area contributed by atoms with E-state index >= 15 is 0 Å². The van der Waals surface area contributed by atoms with E-state index in [0.717, 1.165) is 38.4 Å². The highest BCUT2D eigenvalue weighted by Gasteiger charge is 2.43. The van der Waals surface area contributed by atoms with Crippen LogP contribution >= 0.6 is 0 Å². The largest absolute Gasteiger partial charge is 0.416 e.